The zero-order valence-electron chi connectivity index (χ0n) is 13.8. The Bertz CT molecular complexity index is 928. The fourth-order valence-corrected chi connectivity index (χ4v) is 2.69. The summed E-state index contributed by atoms with van der Waals surface area (Å²) in [5.41, 5.74) is 0.604. The molecule has 0 radical (unpaired) electrons. The molecule has 2 heterocycles. The Hall–Kier alpha value is -2.61. The van der Waals surface area contributed by atoms with Crippen molar-refractivity contribution in [1.82, 2.24) is 9.78 Å². The molecule has 130 valence electrons. The fraction of sp³-hybridized carbons (Fsp3) is 0.235. The number of aryl methyl sites for hydroxylation is 1. The van der Waals surface area contributed by atoms with E-state index >= 15 is 0 Å². The zero-order valence-corrected chi connectivity index (χ0v) is 15.3. The highest BCUT2D eigenvalue weighted by molar-refractivity contribution is 9.10. The van der Waals surface area contributed by atoms with Crippen LogP contribution in [0.4, 0.5) is 0 Å². The van der Waals surface area contributed by atoms with Crippen LogP contribution in [-0.2, 0) is 19.1 Å². The summed E-state index contributed by atoms with van der Waals surface area (Å²) >= 11 is 3.33. The monoisotopic (exact) mass is 406 g/mol. The van der Waals surface area contributed by atoms with Gasteiger partial charge in [0.05, 0.1) is 11.3 Å². The predicted molar refractivity (Wildman–Crippen MR) is 93.1 cm³/mol. The molecule has 1 aliphatic heterocycles. The minimum atomic E-state index is -1.32. The van der Waals surface area contributed by atoms with E-state index < -0.39 is 23.3 Å². The first-order valence-corrected chi connectivity index (χ1v) is 8.23. The van der Waals surface area contributed by atoms with Crippen LogP contribution in [0.1, 0.15) is 25.1 Å². The number of nitrogens with zero attached hydrogens (tertiary/aromatic N) is 1. The number of esters is 2. The van der Waals surface area contributed by atoms with E-state index in [-0.39, 0.29) is 11.1 Å². The number of H-pyrrole nitrogens is 1. The van der Waals surface area contributed by atoms with Gasteiger partial charge in [0.15, 0.2) is 0 Å². The Kier molecular flexibility index (Phi) is 4.16. The maximum atomic E-state index is 12.7. The van der Waals surface area contributed by atoms with Gasteiger partial charge in [-0.05, 0) is 37.3 Å². The molecule has 1 aromatic carbocycles. The summed E-state index contributed by atoms with van der Waals surface area (Å²) in [6.45, 7) is 4.59. The van der Waals surface area contributed by atoms with Crippen LogP contribution in [0, 0.1) is 6.92 Å². The highest BCUT2D eigenvalue weighted by Crippen LogP contribution is 2.24. The number of hydrogen-bond acceptors (Lipinski definition) is 5. The van der Waals surface area contributed by atoms with Crippen molar-refractivity contribution < 1.29 is 19.1 Å². The van der Waals surface area contributed by atoms with Crippen LogP contribution in [0.15, 0.2) is 39.1 Å². The molecule has 7 nitrogen and oxygen atoms in total. The number of halogens is 1. The van der Waals surface area contributed by atoms with Crippen molar-refractivity contribution in [3.63, 3.8) is 0 Å². The Morgan fingerprint density at radius 1 is 1.08 bits per heavy atom. The van der Waals surface area contributed by atoms with Crippen LogP contribution in [0.3, 0.4) is 0 Å². The third-order valence-corrected chi connectivity index (χ3v) is 4.14. The average Bonchev–Trinajstić information content (AvgIpc) is 2.78. The summed E-state index contributed by atoms with van der Waals surface area (Å²) < 4.78 is 12.3. The number of carbonyl (C=O) groups is 2. The molecule has 1 aromatic heterocycles. The summed E-state index contributed by atoms with van der Waals surface area (Å²) in [7, 11) is 0. The molecule has 0 amide bonds. The van der Waals surface area contributed by atoms with Crippen LogP contribution >= 0.6 is 15.9 Å². The van der Waals surface area contributed by atoms with Gasteiger partial charge in [0.25, 0.3) is 11.3 Å². The largest absolute Gasteiger partial charge is 0.419 e. The maximum absolute atomic E-state index is 12.7. The summed E-state index contributed by atoms with van der Waals surface area (Å²) in [6.07, 6.45) is 1.20. The van der Waals surface area contributed by atoms with E-state index in [0.29, 0.717) is 11.4 Å². The third-order valence-electron chi connectivity index (χ3n) is 3.61. The molecule has 1 fully saturated rings. The third kappa shape index (κ3) is 3.30. The lowest BCUT2D eigenvalue weighted by molar-refractivity contribution is -0.222. The van der Waals surface area contributed by atoms with Crippen molar-refractivity contribution in [2.24, 2.45) is 0 Å². The van der Waals surface area contributed by atoms with E-state index in [4.69, 9.17) is 9.47 Å². The van der Waals surface area contributed by atoms with Crippen molar-refractivity contribution in [1.29, 1.82) is 0 Å². The summed E-state index contributed by atoms with van der Waals surface area (Å²) in [5.74, 6) is -2.97. The van der Waals surface area contributed by atoms with E-state index in [1.165, 1.54) is 24.6 Å². The lowest BCUT2D eigenvalue weighted by Crippen LogP contribution is -2.41. The molecule has 3 rings (SSSR count). The van der Waals surface area contributed by atoms with Gasteiger partial charge in [-0.15, -0.1) is 0 Å². The van der Waals surface area contributed by atoms with Gasteiger partial charge in [0.1, 0.15) is 5.57 Å². The normalized spacial score (nSPS) is 16.4. The van der Waals surface area contributed by atoms with Crippen molar-refractivity contribution in [2.75, 3.05) is 0 Å². The predicted octanol–water partition coefficient (Wildman–Crippen LogP) is 2.46. The van der Waals surface area contributed by atoms with Crippen LogP contribution in [0.2, 0.25) is 0 Å². The van der Waals surface area contributed by atoms with Gasteiger partial charge in [-0.25, -0.2) is 14.3 Å². The Labute approximate surface area is 151 Å². The zero-order chi connectivity index (χ0) is 18.4. The minimum absolute atomic E-state index is 0.187. The maximum Gasteiger partial charge on any atom is 0.348 e. The molecule has 1 aliphatic rings. The molecule has 1 saturated heterocycles. The molecule has 2 aromatic rings. The minimum Gasteiger partial charge on any atom is -0.419 e. The number of rotatable bonds is 2. The molecule has 0 bridgehead atoms. The molecule has 1 N–H and O–H groups in total. The van der Waals surface area contributed by atoms with Gasteiger partial charge in [-0.1, -0.05) is 15.9 Å². The first-order chi connectivity index (χ1) is 11.7. The second kappa shape index (κ2) is 6.03. The van der Waals surface area contributed by atoms with E-state index in [2.05, 4.69) is 21.0 Å². The number of cyclic esters (lactones) is 2. The standard InChI is InChI=1S/C17H15BrN2O5/c1-9-12(8-13-15(22)24-17(2,3)25-16(13)23)14(21)20(19-9)11-6-4-10(18)5-7-11/h4-8,19H,1-3H3. The quantitative estimate of drug-likeness (QED) is 0.469. The van der Waals surface area contributed by atoms with Gasteiger partial charge < -0.3 is 9.47 Å². The average molecular weight is 407 g/mol. The lowest BCUT2D eigenvalue weighted by Gasteiger charge is -2.29. The molecule has 8 heteroatoms. The van der Waals surface area contributed by atoms with Crippen molar-refractivity contribution >= 4 is 33.9 Å². The van der Waals surface area contributed by atoms with Crippen LogP contribution < -0.4 is 5.56 Å². The van der Waals surface area contributed by atoms with Crippen LogP contribution in [-0.4, -0.2) is 27.5 Å². The van der Waals surface area contributed by atoms with Crippen LogP contribution in [0.5, 0.6) is 0 Å². The SMILES string of the molecule is Cc1[nH]n(-c2ccc(Br)cc2)c(=O)c1C=C1C(=O)OC(C)(C)OC1=O. The molecule has 0 atom stereocenters. The number of benzene rings is 1. The first kappa shape index (κ1) is 17.2. The summed E-state index contributed by atoms with van der Waals surface area (Å²) in [5, 5.41) is 2.92. The molecule has 0 spiro atoms. The molecule has 0 aliphatic carbocycles. The molecule has 25 heavy (non-hydrogen) atoms. The number of hydrogen-bond donors (Lipinski definition) is 1. The van der Waals surface area contributed by atoms with E-state index in [1.54, 1.807) is 31.2 Å². The van der Waals surface area contributed by atoms with Gasteiger partial charge in [-0.3, -0.25) is 9.89 Å². The Morgan fingerprint density at radius 3 is 2.20 bits per heavy atom. The molecule has 0 unspecified atom stereocenters. The Balaban J connectivity index is 2.05. The van der Waals surface area contributed by atoms with Crippen molar-refractivity contribution in [3.05, 3.63) is 55.9 Å². The Morgan fingerprint density at radius 2 is 1.64 bits per heavy atom. The van der Waals surface area contributed by atoms with Crippen LogP contribution in [0.25, 0.3) is 11.8 Å². The molecule has 0 saturated carbocycles. The van der Waals surface area contributed by atoms with E-state index in [1.807, 2.05) is 0 Å². The van der Waals surface area contributed by atoms with Gasteiger partial charge in [0, 0.05) is 24.0 Å². The summed E-state index contributed by atoms with van der Waals surface area (Å²) in [6, 6.07) is 7.11. The smallest absolute Gasteiger partial charge is 0.348 e. The topological polar surface area (TPSA) is 90.4 Å². The van der Waals surface area contributed by atoms with Gasteiger partial charge in [-0.2, -0.15) is 0 Å². The van der Waals surface area contributed by atoms with Crippen molar-refractivity contribution in [3.8, 4) is 5.69 Å². The number of carbonyl (C=O) groups excluding carboxylic acids is 2. The highest BCUT2D eigenvalue weighted by Gasteiger charge is 2.39. The highest BCUT2D eigenvalue weighted by atomic mass is 79.9. The number of aromatic amines is 1. The first-order valence-electron chi connectivity index (χ1n) is 7.44. The summed E-state index contributed by atoms with van der Waals surface area (Å²) in [4.78, 5) is 36.8. The fourth-order valence-electron chi connectivity index (χ4n) is 2.42. The van der Waals surface area contributed by atoms with E-state index in [9.17, 15) is 14.4 Å². The number of ether oxygens (including phenoxy) is 2. The molecular weight excluding hydrogens is 392 g/mol. The van der Waals surface area contributed by atoms with Gasteiger partial charge in [0.2, 0.25) is 0 Å². The lowest BCUT2D eigenvalue weighted by atomic mass is 10.1. The molecular formula is C17H15BrN2O5. The number of aromatic nitrogens is 2. The van der Waals surface area contributed by atoms with Crippen molar-refractivity contribution in [2.45, 2.75) is 26.6 Å². The second-order valence-electron chi connectivity index (χ2n) is 6.00. The van der Waals surface area contributed by atoms with E-state index in [0.717, 1.165) is 4.47 Å². The van der Waals surface area contributed by atoms with Gasteiger partial charge >= 0.3 is 11.9 Å². The second-order valence-corrected chi connectivity index (χ2v) is 6.92. The number of nitrogens with one attached hydrogen (secondary N) is 1.